The van der Waals surface area contributed by atoms with Gasteiger partial charge in [-0.05, 0) is 67.3 Å². The molecular formula is C28H31N3O4. The van der Waals surface area contributed by atoms with E-state index in [-0.39, 0.29) is 31.0 Å². The summed E-state index contributed by atoms with van der Waals surface area (Å²) in [5.41, 5.74) is 4.50. The maximum atomic E-state index is 13.5. The number of hydrogen-bond acceptors (Lipinski definition) is 5. The third-order valence-corrected chi connectivity index (χ3v) is 6.31. The Bertz CT molecular complexity index is 1180. The molecule has 0 fully saturated rings. The molecule has 0 spiro atoms. The van der Waals surface area contributed by atoms with Crippen LogP contribution in [0.5, 0.6) is 0 Å². The summed E-state index contributed by atoms with van der Waals surface area (Å²) in [5, 5.41) is 25.1. The van der Waals surface area contributed by atoms with Crippen molar-refractivity contribution in [2.75, 3.05) is 29.9 Å². The van der Waals surface area contributed by atoms with Crippen molar-refractivity contribution in [1.82, 2.24) is 5.32 Å². The van der Waals surface area contributed by atoms with Gasteiger partial charge in [0.05, 0.1) is 12.7 Å². The molecule has 0 radical (unpaired) electrons. The van der Waals surface area contributed by atoms with Crippen molar-refractivity contribution >= 4 is 23.2 Å². The average Bonchev–Trinajstić information content (AvgIpc) is 3.07. The molecule has 0 bridgehead atoms. The molecule has 0 saturated heterocycles. The molecule has 182 valence electrons. The molecule has 0 aliphatic carbocycles. The van der Waals surface area contributed by atoms with E-state index in [0.717, 1.165) is 29.7 Å². The highest BCUT2D eigenvalue weighted by Crippen LogP contribution is 2.33. The smallest absolute Gasteiger partial charge is 0.258 e. The molecule has 1 aliphatic rings. The highest BCUT2D eigenvalue weighted by atomic mass is 16.3. The molecule has 1 aliphatic heterocycles. The van der Waals surface area contributed by atoms with E-state index in [2.05, 4.69) is 10.6 Å². The third kappa shape index (κ3) is 5.77. The fourth-order valence-corrected chi connectivity index (χ4v) is 4.40. The number of aryl methyl sites for hydroxylation is 1. The molecule has 4 rings (SSSR count). The van der Waals surface area contributed by atoms with E-state index in [9.17, 15) is 14.7 Å². The van der Waals surface area contributed by atoms with Crippen LogP contribution in [0.3, 0.4) is 0 Å². The van der Waals surface area contributed by atoms with Gasteiger partial charge in [0.25, 0.3) is 11.8 Å². The maximum absolute atomic E-state index is 13.5. The Labute approximate surface area is 205 Å². The number of nitrogens with one attached hydrogen (secondary N) is 2. The minimum absolute atomic E-state index is 0.0239. The number of hydrogen-bond donors (Lipinski definition) is 4. The Balaban J connectivity index is 1.50. The number of anilines is 2. The lowest BCUT2D eigenvalue weighted by Gasteiger charge is -2.25. The summed E-state index contributed by atoms with van der Waals surface area (Å²) < 4.78 is 0. The van der Waals surface area contributed by atoms with E-state index in [4.69, 9.17) is 5.11 Å². The molecule has 2 unspecified atom stereocenters. The van der Waals surface area contributed by atoms with Crippen molar-refractivity contribution in [1.29, 1.82) is 0 Å². The molecule has 4 N–H and O–H groups in total. The normalized spacial score (nSPS) is 16.2. The lowest BCUT2D eigenvalue weighted by molar-refractivity contribution is 0.0916. The van der Waals surface area contributed by atoms with Crippen LogP contribution in [-0.4, -0.2) is 47.8 Å². The summed E-state index contributed by atoms with van der Waals surface area (Å²) in [5.74, 6) is -0.293. The average molecular weight is 474 g/mol. The highest BCUT2D eigenvalue weighted by Gasteiger charge is 2.27. The number of nitrogens with zero attached hydrogens (tertiary/aromatic N) is 1. The molecule has 7 heteroatoms. The number of aliphatic hydroxyl groups excluding tert-OH is 2. The summed E-state index contributed by atoms with van der Waals surface area (Å²) in [6.07, 6.45) is 0.772. The minimum atomic E-state index is -0.826. The van der Waals surface area contributed by atoms with Crippen molar-refractivity contribution in [3.8, 4) is 0 Å². The SMILES string of the molecule is Cc1ccccc1C(=O)Nc1ccc(C(=O)N2CCCC(NCC(O)CO)c3ccccc32)cc1. The first-order valence-electron chi connectivity index (χ1n) is 11.9. The molecule has 2 amide bonds. The van der Waals surface area contributed by atoms with Gasteiger partial charge in [-0.3, -0.25) is 9.59 Å². The molecule has 0 aromatic heterocycles. The van der Waals surface area contributed by atoms with Gasteiger partial charge in [-0.1, -0.05) is 36.4 Å². The lowest BCUT2D eigenvalue weighted by Crippen LogP contribution is -2.33. The van der Waals surface area contributed by atoms with Gasteiger partial charge in [-0.25, -0.2) is 0 Å². The summed E-state index contributed by atoms with van der Waals surface area (Å²) in [4.78, 5) is 27.9. The first-order chi connectivity index (χ1) is 17.0. The largest absolute Gasteiger partial charge is 0.394 e. The van der Waals surface area contributed by atoms with E-state index >= 15 is 0 Å². The summed E-state index contributed by atoms with van der Waals surface area (Å²) in [6, 6.07) is 22.1. The van der Waals surface area contributed by atoms with Crippen LogP contribution >= 0.6 is 0 Å². The number of para-hydroxylation sites is 1. The summed E-state index contributed by atoms with van der Waals surface area (Å²) >= 11 is 0. The number of aliphatic hydroxyl groups is 2. The predicted molar refractivity (Wildman–Crippen MR) is 137 cm³/mol. The quantitative estimate of drug-likeness (QED) is 0.419. The Morgan fingerprint density at radius 2 is 1.74 bits per heavy atom. The van der Waals surface area contributed by atoms with E-state index < -0.39 is 6.10 Å². The topological polar surface area (TPSA) is 102 Å². The van der Waals surface area contributed by atoms with E-state index in [1.54, 1.807) is 35.2 Å². The summed E-state index contributed by atoms with van der Waals surface area (Å²) in [7, 11) is 0. The van der Waals surface area contributed by atoms with Crippen molar-refractivity contribution in [2.24, 2.45) is 0 Å². The molecule has 1 heterocycles. The van der Waals surface area contributed by atoms with Gasteiger partial charge in [0.15, 0.2) is 0 Å². The van der Waals surface area contributed by atoms with Crippen molar-refractivity contribution in [3.05, 3.63) is 95.1 Å². The monoisotopic (exact) mass is 473 g/mol. The van der Waals surface area contributed by atoms with Gasteiger partial charge in [0, 0.05) is 41.6 Å². The minimum Gasteiger partial charge on any atom is -0.394 e. The number of benzene rings is 3. The van der Waals surface area contributed by atoms with Crippen molar-refractivity contribution in [2.45, 2.75) is 31.9 Å². The van der Waals surface area contributed by atoms with Crippen LogP contribution < -0.4 is 15.5 Å². The Morgan fingerprint density at radius 3 is 2.49 bits per heavy atom. The molecule has 3 aromatic rings. The van der Waals surface area contributed by atoms with Crippen molar-refractivity contribution in [3.63, 3.8) is 0 Å². The van der Waals surface area contributed by atoms with Gasteiger partial charge < -0.3 is 25.7 Å². The Kier molecular flexibility index (Phi) is 7.92. The van der Waals surface area contributed by atoms with E-state index in [1.807, 2.05) is 49.4 Å². The zero-order valence-corrected chi connectivity index (χ0v) is 19.8. The first kappa shape index (κ1) is 24.6. The van der Waals surface area contributed by atoms with Gasteiger partial charge in [0.1, 0.15) is 0 Å². The Hall–Kier alpha value is -3.52. The zero-order chi connectivity index (χ0) is 24.8. The lowest BCUT2D eigenvalue weighted by atomic mass is 10.0. The van der Waals surface area contributed by atoms with Gasteiger partial charge >= 0.3 is 0 Å². The molecule has 7 nitrogen and oxygen atoms in total. The standard InChI is InChI=1S/C28H31N3O4/c1-19-7-2-3-8-23(19)27(34)30-21-14-12-20(13-15-21)28(35)31-16-6-10-25(29-17-22(33)18-32)24-9-4-5-11-26(24)31/h2-5,7-9,11-15,22,25,29,32-33H,6,10,16-18H2,1H3,(H,30,34). The molecule has 35 heavy (non-hydrogen) atoms. The van der Waals surface area contributed by atoms with Gasteiger partial charge in [0.2, 0.25) is 0 Å². The van der Waals surface area contributed by atoms with E-state index in [1.165, 1.54) is 0 Å². The second kappa shape index (κ2) is 11.3. The van der Waals surface area contributed by atoms with Crippen LogP contribution in [0, 0.1) is 6.92 Å². The van der Waals surface area contributed by atoms with Crippen LogP contribution in [0.1, 0.15) is 50.7 Å². The second-order valence-corrected chi connectivity index (χ2v) is 8.80. The molecule has 0 saturated carbocycles. The maximum Gasteiger partial charge on any atom is 0.258 e. The predicted octanol–water partition coefficient (Wildman–Crippen LogP) is 3.67. The second-order valence-electron chi connectivity index (χ2n) is 8.80. The number of rotatable bonds is 7. The van der Waals surface area contributed by atoms with Crippen LogP contribution in [0.15, 0.2) is 72.8 Å². The first-order valence-corrected chi connectivity index (χ1v) is 11.9. The molecule has 2 atom stereocenters. The van der Waals surface area contributed by atoms with Crippen LogP contribution in [0.2, 0.25) is 0 Å². The fraction of sp³-hybridized carbons (Fsp3) is 0.286. The molecular weight excluding hydrogens is 442 g/mol. The number of carbonyl (C=O) groups is 2. The van der Waals surface area contributed by atoms with Gasteiger partial charge in [-0.15, -0.1) is 0 Å². The third-order valence-electron chi connectivity index (χ3n) is 6.31. The zero-order valence-electron chi connectivity index (χ0n) is 19.8. The van der Waals surface area contributed by atoms with Crippen LogP contribution in [0.25, 0.3) is 0 Å². The van der Waals surface area contributed by atoms with Crippen LogP contribution in [-0.2, 0) is 0 Å². The number of fused-ring (bicyclic) bond motifs is 1. The number of amides is 2. The van der Waals surface area contributed by atoms with Crippen molar-refractivity contribution < 1.29 is 19.8 Å². The van der Waals surface area contributed by atoms with Crippen LogP contribution in [0.4, 0.5) is 11.4 Å². The Morgan fingerprint density at radius 1 is 1.03 bits per heavy atom. The highest BCUT2D eigenvalue weighted by molar-refractivity contribution is 6.08. The summed E-state index contributed by atoms with van der Waals surface area (Å²) in [6.45, 7) is 2.44. The number of carbonyl (C=O) groups excluding carboxylic acids is 2. The van der Waals surface area contributed by atoms with E-state index in [0.29, 0.717) is 23.4 Å². The van der Waals surface area contributed by atoms with Gasteiger partial charge in [-0.2, -0.15) is 0 Å². The fourth-order valence-electron chi connectivity index (χ4n) is 4.40. The molecule has 3 aromatic carbocycles.